The van der Waals surface area contributed by atoms with E-state index in [2.05, 4.69) is 65.0 Å². The molecule has 0 saturated heterocycles. The Bertz CT molecular complexity index is 1140. The van der Waals surface area contributed by atoms with Crippen LogP contribution in [0.15, 0.2) is 66.7 Å². The molecule has 0 unspecified atom stereocenters. The van der Waals surface area contributed by atoms with Crippen LogP contribution in [0.1, 0.15) is 77.6 Å². The molecular weight excluding hydrogens is 406 g/mol. The lowest BCUT2D eigenvalue weighted by Crippen LogP contribution is -2.23. The van der Waals surface area contributed by atoms with Crippen molar-refractivity contribution in [3.05, 3.63) is 89.0 Å². The number of ether oxygens (including phenoxy) is 2. The third-order valence-corrected chi connectivity index (χ3v) is 5.75. The summed E-state index contributed by atoms with van der Waals surface area (Å²) in [4.78, 5) is 0. The van der Waals surface area contributed by atoms with Crippen molar-refractivity contribution in [1.29, 1.82) is 5.26 Å². The molecule has 172 valence electrons. The first-order chi connectivity index (χ1) is 15.3. The molecule has 0 atom stereocenters. The third-order valence-electron chi connectivity index (χ3n) is 5.75. The van der Waals surface area contributed by atoms with Crippen LogP contribution in [0.5, 0.6) is 17.2 Å². The zero-order chi connectivity index (χ0) is 24.4. The quantitative estimate of drug-likeness (QED) is 0.401. The molecule has 3 aromatic rings. The number of nitrogens with zero attached hydrogens (tertiary/aromatic N) is 1. The van der Waals surface area contributed by atoms with Crippen LogP contribution in [-0.4, -0.2) is 5.60 Å². The fourth-order valence-corrected chi connectivity index (χ4v) is 3.88. The smallest absolute Gasteiger partial charge is 0.145 e. The molecule has 0 amide bonds. The van der Waals surface area contributed by atoms with Crippen molar-refractivity contribution in [2.45, 2.75) is 71.8 Å². The molecule has 3 heteroatoms. The summed E-state index contributed by atoms with van der Waals surface area (Å²) in [5, 5.41) is 9.76. The highest BCUT2D eigenvalue weighted by Gasteiger charge is 2.24. The van der Waals surface area contributed by atoms with Crippen LogP contribution in [0.2, 0.25) is 0 Å². The van der Waals surface area contributed by atoms with E-state index in [4.69, 9.17) is 9.47 Å². The topological polar surface area (TPSA) is 42.2 Å². The second-order valence-electron chi connectivity index (χ2n) is 11.0. The van der Waals surface area contributed by atoms with Gasteiger partial charge in [0, 0.05) is 5.41 Å². The summed E-state index contributed by atoms with van der Waals surface area (Å²) in [5.74, 6) is 2.17. The van der Waals surface area contributed by atoms with Gasteiger partial charge in [0.05, 0.1) is 5.56 Å². The molecular formula is C30H35NO2. The van der Waals surface area contributed by atoms with Crippen LogP contribution in [0.25, 0.3) is 0 Å². The van der Waals surface area contributed by atoms with Gasteiger partial charge in [0.25, 0.3) is 0 Å². The predicted molar refractivity (Wildman–Crippen MR) is 135 cm³/mol. The van der Waals surface area contributed by atoms with Gasteiger partial charge in [-0.05, 0) is 73.2 Å². The summed E-state index contributed by atoms with van der Waals surface area (Å²) in [6, 6.07) is 24.6. The van der Waals surface area contributed by atoms with E-state index in [0.717, 1.165) is 11.3 Å². The molecule has 0 spiro atoms. The highest BCUT2D eigenvalue weighted by Crippen LogP contribution is 2.36. The van der Waals surface area contributed by atoms with Crippen molar-refractivity contribution in [3.8, 4) is 23.3 Å². The van der Waals surface area contributed by atoms with Gasteiger partial charge < -0.3 is 9.47 Å². The number of rotatable bonds is 5. The van der Waals surface area contributed by atoms with Gasteiger partial charge in [0.2, 0.25) is 0 Å². The van der Waals surface area contributed by atoms with Crippen molar-refractivity contribution in [2.75, 3.05) is 0 Å². The van der Waals surface area contributed by atoms with Crippen LogP contribution in [0.4, 0.5) is 0 Å². The van der Waals surface area contributed by atoms with Crippen LogP contribution >= 0.6 is 0 Å². The minimum absolute atomic E-state index is 0.133. The normalized spacial score (nSPS) is 12.2. The lowest BCUT2D eigenvalue weighted by molar-refractivity contribution is 0.131. The summed E-state index contributed by atoms with van der Waals surface area (Å²) in [7, 11) is 0. The van der Waals surface area contributed by atoms with Crippen LogP contribution in [0.3, 0.4) is 0 Å². The maximum atomic E-state index is 9.76. The minimum atomic E-state index is -0.218. The maximum absolute atomic E-state index is 9.76. The molecule has 3 aromatic carbocycles. The van der Waals surface area contributed by atoms with Crippen LogP contribution < -0.4 is 9.47 Å². The molecule has 0 heterocycles. The molecule has 0 saturated carbocycles. The van der Waals surface area contributed by atoms with E-state index in [1.807, 2.05) is 63.2 Å². The van der Waals surface area contributed by atoms with Gasteiger partial charge in [-0.15, -0.1) is 0 Å². The second-order valence-corrected chi connectivity index (χ2v) is 11.0. The molecule has 0 fully saturated rings. The fourth-order valence-electron chi connectivity index (χ4n) is 3.88. The number of hydrogen-bond acceptors (Lipinski definition) is 3. The van der Waals surface area contributed by atoms with Gasteiger partial charge in [-0.3, -0.25) is 0 Å². The van der Waals surface area contributed by atoms with E-state index >= 15 is 0 Å². The number of hydrogen-bond donors (Lipinski definition) is 0. The highest BCUT2D eigenvalue weighted by molar-refractivity contribution is 5.53. The largest absolute Gasteiger partial charge is 0.488 e. The molecule has 0 aliphatic carbocycles. The second kappa shape index (κ2) is 8.94. The Balaban J connectivity index is 1.83. The van der Waals surface area contributed by atoms with E-state index in [1.54, 1.807) is 0 Å². The standard InChI is InChI=1S/C30H35NO2/c1-28(2,3)26-10-9-11-27(25(26)20-31)32-23-16-12-21(13-17-23)30(7,8)22-14-18-24(19-15-22)33-29(4,5)6/h9-19H,1-8H3. The van der Waals surface area contributed by atoms with Crippen LogP contribution in [-0.2, 0) is 10.8 Å². The molecule has 0 N–H and O–H groups in total. The maximum Gasteiger partial charge on any atom is 0.145 e. The summed E-state index contributed by atoms with van der Waals surface area (Å²) >= 11 is 0. The Morgan fingerprint density at radius 2 is 1.18 bits per heavy atom. The van der Waals surface area contributed by atoms with Crippen LogP contribution in [0, 0.1) is 11.3 Å². The first-order valence-electron chi connectivity index (χ1n) is 11.4. The van der Waals surface area contributed by atoms with Crippen molar-refractivity contribution in [1.82, 2.24) is 0 Å². The van der Waals surface area contributed by atoms with Crippen molar-refractivity contribution in [2.24, 2.45) is 0 Å². The number of benzene rings is 3. The van der Waals surface area contributed by atoms with Gasteiger partial charge in [0.15, 0.2) is 0 Å². The average molecular weight is 442 g/mol. The summed E-state index contributed by atoms with van der Waals surface area (Å²) in [6.45, 7) is 16.9. The summed E-state index contributed by atoms with van der Waals surface area (Å²) in [6.07, 6.45) is 0. The molecule has 0 bridgehead atoms. The Morgan fingerprint density at radius 3 is 1.64 bits per heavy atom. The van der Waals surface area contributed by atoms with E-state index in [1.165, 1.54) is 11.1 Å². The van der Waals surface area contributed by atoms with E-state index in [0.29, 0.717) is 17.1 Å². The lowest BCUT2D eigenvalue weighted by Gasteiger charge is -2.27. The van der Waals surface area contributed by atoms with Gasteiger partial charge in [-0.2, -0.15) is 5.26 Å². The predicted octanol–water partition coefficient (Wildman–Crippen LogP) is 8.15. The highest BCUT2D eigenvalue weighted by atomic mass is 16.5. The molecule has 3 nitrogen and oxygen atoms in total. The third kappa shape index (κ3) is 5.76. The Labute approximate surface area is 199 Å². The van der Waals surface area contributed by atoms with Gasteiger partial charge in [-0.1, -0.05) is 71.0 Å². The van der Waals surface area contributed by atoms with Crippen molar-refractivity contribution >= 4 is 0 Å². The van der Waals surface area contributed by atoms with E-state index in [9.17, 15) is 5.26 Å². The summed E-state index contributed by atoms with van der Waals surface area (Å²) in [5.41, 5.74) is 3.44. The fraction of sp³-hybridized carbons (Fsp3) is 0.367. The van der Waals surface area contributed by atoms with Gasteiger partial charge in [-0.25, -0.2) is 0 Å². The molecule has 0 radical (unpaired) electrons. The molecule has 0 aliphatic heterocycles. The van der Waals surface area contributed by atoms with Crippen molar-refractivity contribution < 1.29 is 9.47 Å². The first-order valence-corrected chi connectivity index (χ1v) is 11.4. The van der Waals surface area contributed by atoms with Gasteiger partial charge >= 0.3 is 0 Å². The minimum Gasteiger partial charge on any atom is -0.488 e. The Kier molecular flexibility index (Phi) is 6.61. The first kappa shape index (κ1) is 24.4. The molecule has 0 aromatic heterocycles. The van der Waals surface area contributed by atoms with E-state index in [-0.39, 0.29) is 16.4 Å². The zero-order valence-electron chi connectivity index (χ0n) is 21.1. The summed E-state index contributed by atoms with van der Waals surface area (Å²) < 4.78 is 12.1. The number of nitriles is 1. The SMILES string of the molecule is CC(C)(C)Oc1ccc(C(C)(C)c2ccc(Oc3cccc(C(C)(C)C)c3C#N)cc2)cc1. The molecule has 3 rings (SSSR count). The Hall–Kier alpha value is -3.25. The monoisotopic (exact) mass is 441 g/mol. The Morgan fingerprint density at radius 1 is 0.667 bits per heavy atom. The molecule has 0 aliphatic rings. The lowest BCUT2D eigenvalue weighted by atomic mass is 9.78. The average Bonchev–Trinajstić information content (AvgIpc) is 2.72. The molecule has 33 heavy (non-hydrogen) atoms. The van der Waals surface area contributed by atoms with Gasteiger partial charge in [0.1, 0.15) is 28.9 Å². The zero-order valence-corrected chi connectivity index (χ0v) is 21.1. The van der Waals surface area contributed by atoms with Crippen molar-refractivity contribution in [3.63, 3.8) is 0 Å². The van der Waals surface area contributed by atoms with E-state index < -0.39 is 0 Å².